The second-order valence-corrected chi connectivity index (χ2v) is 3.60. The molecule has 14 heavy (non-hydrogen) atoms. The predicted molar refractivity (Wildman–Crippen MR) is 54.9 cm³/mol. The summed E-state index contributed by atoms with van der Waals surface area (Å²) in [5.41, 5.74) is 3.28. The maximum absolute atomic E-state index is 4.29. The highest BCUT2D eigenvalue weighted by Crippen LogP contribution is 2.24. The molecule has 0 bridgehead atoms. The average molecular weight is 185 g/mol. The molecule has 1 aromatic heterocycles. The summed E-state index contributed by atoms with van der Waals surface area (Å²) in [5.74, 6) is 0. The Morgan fingerprint density at radius 2 is 1.93 bits per heavy atom. The topological polar surface area (TPSA) is 37.8 Å². The maximum atomic E-state index is 4.29. The molecule has 0 saturated carbocycles. The third-order valence-corrected chi connectivity index (χ3v) is 2.72. The molecule has 1 N–H and O–H groups in total. The fraction of sp³-hybridized carbons (Fsp3) is 0.273. The summed E-state index contributed by atoms with van der Waals surface area (Å²) in [6.07, 6.45) is 4.69. The second-order valence-electron chi connectivity index (χ2n) is 3.60. The number of fused-ring (bicyclic) bond motifs is 1. The lowest BCUT2D eigenvalue weighted by molar-refractivity contribution is 0.383. The Balaban J connectivity index is 2.10. The summed E-state index contributed by atoms with van der Waals surface area (Å²) in [5, 5.41) is 3.38. The predicted octanol–water partition coefficient (Wildman–Crippen LogP) is 1.66. The molecule has 1 saturated heterocycles. The maximum Gasteiger partial charge on any atom is 0.0890 e. The van der Waals surface area contributed by atoms with E-state index in [2.05, 4.69) is 27.4 Å². The number of hydrogen-bond donors (Lipinski definition) is 1. The lowest BCUT2D eigenvalue weighted by atomic mass is 9.98. The van der Waals surface area contributed by atoms with Gasteiger partial charge in [-0.1, -0.05) is 6.07 Å². The summed E-state index contributed by atoms with van der Waals surface area (Å²) in [4.78, 5) is 8.53. The Kier molecular flexibility index (Phi) is 1.70. The molecule has 70 valence electrons. The number of aromatic nitrogens is 2. The monoisotopic (exact) mass is 185 g/mol. The van der Waals surface area contributed by atoms with Gasteiger partial charge >= 0.3 is 0 Å². The highest BCUT2D eigenvalue weighted by molar-refractivity contribution is 5.74. The number of benzene rings is 1. The van der Waals surface area contributed by atoms with E-state index in [0.29, 0.717) is 6.04 Å². The molecule has 1 aromatic carbocycles. The van der Waals surface area contributed by atoms with E-state index in [9.17, 15) is 0 Å². The van der Waals surface area contributed by atoms with Gasteiger partial charge in [-0.25, -0.2) is 0 Å². The van der Waals surface area contributed by atoms with Crippen molar-refractivity contribution in [3.8, 4) is 0 Å². The van der Waals surface area contributed by atoms with Gasteiger partial charge in [0.15, 0.2) is 0 Å². The first-order chi connectivity index (χ1) is 6.93. The van der Waals surface area contributed by atoms with Crippen LogP contribution >= 0.6 is 0 Å². The van der Waals surface area contributed by atoms with Crippen LogP contribution in [0.15, 0.2) is 30.6 Å². The van der Waals surface area contributed by atoms with Gasteiger partial charge in [-0.05, 0) is 30.7 Å². The summed E-state index contributed by atoms with van der Waals surface area (Å²) in [6, 6.07) is 6.83. The number of nitrogens with one attached hydrogen (secondary N) is 1. The van der Waals surface area contributed by atoms with Crippen LogP contribution in [-0.2, 0) is 0 Å². The highest BCUT2D eigenvalue weighted by atomic mass is 15.0. The summed E-state index contributed by atoms with van der Waals surface area (Å²) in [7, 11) is 0. The smallest absolute Gasteiger partial charge is 0.0890 e. The van der Waals surface area contributed by atoms with Gasteiger partial charge in [-0.15, -0.1) is 0 Å². The fourth-order valence-corrected chi connectivity index (χ4v) is 1.77. The van der Waals surface area contributed by atoms with Crippen molar-refractivity contribution in [2.45, 2.75) is 12.5 Å². The van der Waals surface area contributed by atoms with Crippen molar-refractivity contribution >= 4 is 11.0 Å². The van der Waals surface area contributed by atoms with Crippen LogP contribution in [-0.4, -0.2) is 16.5 Å². The minimum Gasteiger partial charge on any atom is -0.310 e. The van der Waals surface area contributed by atoms with Crippen molar-refractivity contribution in [3.05, 3.63) is 36.2 Å². The zero-order chi connectivity index (χ0) is 9.38. The van der Waals surface area contributed by atoms with Crippen LogP contribution in [0.3, 0.4) is 0 Å². The van der Waals surface area contributed by atoms with E-state index in [-0.39, 0.29) is 0 Å². The third-order valence-electron chi connectivity index (χ3n) is 2.72. The molecule has 0 spiro atoms. The number of nitrogens with zero attached hydrogens (tertiary/aromatic N) is 2. The van der Waals surface area contributed by atoms with Crippen LogP contribution in [0.1, 0.15) is 18.0 Å². The van der Waals surface area contributed by atoms with Gasteiger partial charge in [-0.2, -0.15) is 0 Å². The molecule has 1 aliphatic heterocycles. The molecular formula is C11H11N3. The van der Waals surface area contributed by atoms with Crippen molar-refractivity contribution in [2.75, 3.05) is 6.54 Å². The lowest BCUT2D eigenvalue weighted by Gasteiger charge is -2.27. The van der Waals surface area contributed by atoms with Gasteiger partial charge < -0.3 is 5.32 Å². The zero-order valence-electron chi connectivity index (χ0n) is 7.77. The molecule has 1 aliphatic rings. The molecule has 2 heterocycles. The molecule has 3 heteroatoms. The molecule has 0 unspecified atom stereocenters. The first-order valence-electron chi connectivity index (χ1n) is 4.87. The van der Waals surface area contributed by atoms with Gasteiger partial charge in [0.1, 0.15) is 0 Å². The van der Waals surface area contributed by atoms with Crippen LogP contribution in [0.4, 0.5) is 0 Å². The van der Waals surface area contributed by atoms with Gasteiger partial charge in [0, 0.05) is 18.4 Å². The minimum atomic E-state index is 0.529. The first-order valence-corrected chi connectivity index (χ1v) is 4.87. The van der Waals surface area contributed by atoms with Gasteiger partial charge in [-0.3, -0.25) is 9.97 Å². The van der Waals surface area contributed by atoms with E-state index in [1.807, 2.05) is 6.07 Å². The van der Waals surface area contributed by atoms with Gasteiger partial charge in [0.05, 0.1) is 11.0 Å². The van der Waals surface area contributed by atoms with E-state index < -0.39 is 0 Å². The van der Waals surface area contributed by atoms with E-state index in [0.717, 1.165) is 17.6 Å². The highest BCUT2D eigenvalue weighted by Gasteiger charge is 2.18. The molecule has 0 aliphatic carbocycles. The van der Waals surface area contributed by atoms with Crippen LogP contribution in [0.2, 0.25) is 0 Å². The SMILES string of the molecule is c1cnc2cc([C@@H]3CCN3)ccc2n1. The molecule has 0 radical (unpaired) electrons. The Labute approximate surface area is 82.2 Å². The summed E-state index contributed by atoms with van der Waals surface area (Å²) >= 11 is 0. The van der Waals surface area contributed by atoms with Crippen LogP contribution in [0, 0.1) is 0 Å². The Hall–Kier alpha value is -1.48. The quantitative estimate of drug-likeness (QED) is 0.734. The molecule has 0 amide bonds. The Morgan fingerprint density at radius 1 is 1.14 bits per heavy atom. The molecule has 2 aromatic rings. The standard InChI is InChI=1S/C11H11N3/c1-2-10-11(14-6-5-13-10)7-8(1)9-3-4-12-9/h1-2,5-7,9,12H,3-4H2/t9-/m0/s1. The molecule has 1 fully saturated rings. The summed E-state index contributed by atoms with van der Waals surface area (Å²) < 4.78 is 0. The minimum absolute atomic E-state index is 0.529. The largest absolute Gasteiger partial charge is 0.310 e. The molecule has 3 nitrogen and oxygen atoms in total. The van der Waals surface area contributed by atoms with E-state index in [1.165, 1.54) is 12.0 Å². The normalized spacial score (nSPS) is 20.7. The lowest BCUT2D eigenvalue weighted by Crippen LogP contribution is -2.34. The first kappa shape index (κ1) is 7.88. The number of rotatable bonds is 1. The van der Waals surface area contributed by atoms with Crippen molar-refractivity contribution in [1.29, 1.82) is 0 Å². The second kappa shape index (κ2) is 3.03. The Bertz CT molecular complexity index is 463. The molecule has 3 rings (SSSR count). The van der Waals surface area contributed by atoms with E-state index in [4.69, 9.17) is 0 Å². The van der Waals surface area contributed by atoms with E-state index >= 15 is 0 Å². The van der Waals surface area contributed by atoms with Crippen molar-refractivity contribution in [2.24, 2.45) is 0 Å². The third kappa shape index (κ3) is 1.17. The van der Waals surface area contributed by atoms with Crippen LogP contribution < -0.4 is 5.32 Å². The van der Waals surface area contributed by atoms with Crippen molar-refractivity contribution < 1.29 is 0 Å². The summed E-state index contributed by atoms with van der Waals surface area (Å²) in [6.45, 7) is 1.13. The Morgan fingerprint density at radius 3 is 2.64 bits per heavy atom. The fourth-order valence-electron chi connectivity index (χ4n) is 1.77. The van der Waals surface area contributed by atoms with Crippen LogP contribution in [0.5, 0.6) is 0 Å². The van der Waals surface area contributed by atoms with Crippen LogP contribution in [0.25, 0.3) is 11.0 Å². The van der Waals surface area contributed by atoms with Gasteiger partial charge in [0.2, 0.25) is 0 Å². The zero-order valence-corrected chi connectivity index (χ0v) is 7.77. The number of hydrogen-bond acceptors (Lipinski definition) is 3. The average Bonchev–Trinajstić information content (AvgIpc) is 2.15. The molecule has 1 atom stereocenters. The molecular weight excluding hydrogens is 174 g/mol. The van der Waals surface area contributed by atoms with Crippen molar-refractivity contribution in [1.82, 2.24) is 15.3 Å². The van der Waals surface area contributed by atoms with Gasteiger partial charge in [0.25, 0.3) is 0 Å². The van der Waals surface area contributed by atoms with E-state index in [1.54, 1.807) is 12.4 Å². The van der Waals surface area contributed by atoms with Crippen molar-refractivity contribution in [3.63, 3.8) is 0 Å².